The lowest BCUT2D eigenvalue weighted by molar-refractivity contribution is 0.0956. The van der Waals surface area contributed by atoms with Gasteiger partial charge in [-0.2, -0.15) is 0 Å². The molecule has 0 aliphatic heterocycles. The molecule has 0 heterocycles. The van der Waals surface area contributed by atoms with E-state index in [0.717, 1.165) is 0 Å². The third-order valence-corrected chi connectivity index (χ3v) is 1.31. The first-order valence-corrected chi connectivity index (χ1v) is 3.59. The molecule has 1 aromatic rings. The molecule has 1 rings (SSSR count). The van der Waals surface area contributed by atoms with Crippen LogP contribution in [-0.2, 0) is 0 Å². The van der Waals surface area contributed by atoms with E-state index in [2.05, 4.69) is 11.4 Å². The number of carbonyl (C=O) groups is 1. The van der Waals surface area contributed by atoms with Crippen molar-refractivity contribution in [1.29, 1.82) is 0 Å². The lowest BCUT2D eigenvalue weighted by Crippen LogP contribution is -2.22. The summed E-state index contributed by atoms with van der Waals surface area (Å²) in [5.74, 6) is -0.0376. The minimum Gasteiger partial charge on any atom is -0.352 e. The number of hydrogen-bond acceptors (Lipinski definition) is 1. The summed E-state index contributed by atoms with van der Waals surface area (Å²) in [6, 6.07) is 9.84. The standard InChI is InChI=1S/C9H10NO/c1-2-10-9(11)8-6-4-3-5-7-8/h3-4,6-7H,2H2,1H3,(H,10,11). The molecule has 1 aromatic carbocycles. The zero-order valence-corrected chi connectivity index (χ0v) is 6.42. The highest BCUT2D eigenvalue weighted by molar-refractivity contribution is 5.93. The maximum atomic E-state index is 11.1. The molecule has 0 unspecified atom stereocenters. The van der Waals surface area contributed by atoms with Gasteiger partial charge in [-0.05, 0) is 25.1 Å². The molecule has 57 valence electrons. The molecule has 0 atom stereocenters. The lowest BCUT2D eigenvalue weighted by Gasteiger charge is -1.99. The van der Waals surface area contributed by atoms with E-state index in [9.17, 15) is 4.79 Å². The van der Waals surface area contributed by atoms with Gasteiger partial charge in [0.15, 0.2) is 0 Å². The first-order valence-electron chi connectivity index (χ1n) is 3.59. The van der Waals surface area contributed by atoms with E-state index in [0.29, 0.717) is 12.1 Å². The Bertz CT molecular complexity index is 231. The topological polar surface area (TPSA) is 29.1 Å². The van der Waals surface area contributed by atoms with Crippen molar-refractivity contribution < 1.29 is 4.79 Å². The van der Waals surface area contributed by atoms with Gasteiger partial charge in [-0.1, -0.05) is 12.1 Å². The van der Waals surface area contributed by atoms with Crippen molar-refractivity contribution in [3.05, 3.63) is 35.9 Å². The Kier molecular flexibility index (Phi) is 2.66. The minimum absolute atomic E-state index is 0.0376. The van der Waals surface area contributed by atoms with Gasteiger partial charge in [-0.3, -0.25) is 4.79 Å². The van der Waals surface area contributed by atoms with Crippen LogP contribution in [0, 0.1) is 6.07 Å². The van der Waals surface area contributed by atoms with Crippen molar-refractivity contribution in [1.82, 2.24) is 5.32 Å². The van der Waals surface area contributed by atoms with Crippen LogP contribution in [0.25, 0.3) is 0 Å². The number of amides is 1. The molecule has 0 spiro atoms. The summed E-state index contributed by atoms with van der Waals surface area (Å²) in [4.78, 5) is 11.1. The fraction of sp³-hybridized carbons (Fsp3) is 0.222. The zero-order valence-electron chi connectivity index (χ0n) is 6.42. The number of hydrogen-bond donors (Lipinski definition) is 1. The molecule has 0 bridgehead atoms. The van der Waals surface area contributed by atoms with Crippen LogP contribution in [0.1, 0.15) is 17.3 Å². The molecule has 2 nitrogen and oxygen atoms in total. The van der Waals surface area contributed by atoms with Crippen LogP contribution in [0.5, 0.6) is 0 Å². The summed E-state index contributed by atoms with van der Waals surface area (Å²) < 4.78 is 0. The Morgan fingerprint density at radius 1 is 1.73 bits per heavy atom. The van der Waals surface area contributed by atoms with Crippen molar-refractivity contribution in [2.24, 2.45) is 0 Å². The summed E-state index contributed by atoms with van der Waals surface area (Å²) in [7, 11) is 0. The van der Waals surface area contributed by atoms with Gasteiger partial charge in [0, 0.05) is 12.1 Å². The molecular weight excluding hydrogens is 138 g/mol. The SMILES string of the molecule is CCNC(=O)c1c[c]ccc1. The molecular formula is C9H10NO. The molecule has 0 aliphatic carbocycles. The highest BCUT2D eigenvalue weighted by Crippen LogP contribution is 1.96. The fourth-order valence-electron chi connectivity index (χ4n) is 0.797. The molecule has 0 aliphatic rings. The Balaban J connectivity index is 2.69. The van der Waals surface area contributed by atoms with E-state index in [1.807, 2.05) is 6.92 Å². The first kappa shape index (κ1) is 7.79. The highest BCUT2D eigenvalue weighted by Gasteiger charge is 1.99. The first-order chi connectivity index (χ1) is 5.34. The van der Waals surface area contributed by atoms with Crippen LogP contribution in [0.4, 0.5) is 0 Å². The van der Waals surface area contributed by atoms with Crippen LogP contribution >= 0.6 is 0 Å². The van der Waals surface area contributed by atoms with Crippen molar-refractivity contribution in [3.8, 4) is 0 Å². The van der Waals surface area contributed by atoms with Gasteiger partial charge in [0.1, 0.15) is 0 Å². The summed E-state index contributed by atoms with van der Waals surface area (Å²) in [5.41, 5.74) is 0.661. The third kappa shape index (κ3) is 2.08. The van der Waals surface area contributed by atoms with Crippen molar-refractivity contribution in [2.45, 2.75) is 6.92 Å². The quantitative estimate of drug-likeness (QED) is 0.671. The molecule has 1 radical (unpaired) electrons. The van der Waals surface area contributed by atoms with Gasteiger partial charge in [-0.15, -0.1) is 0 Å². The van der Waals surface area contributed by atoms with E-state index in [-0.39, 0.29) is 5.91 Å². The van der Waals surface area contributed by atoms with Crippen LogP contribution in [0.15, 0.2) is 24.3 Å². The predicted octanol–water partition coefficient (Wildman–Crippen LogP) is 1.24. The average molecular weight is 148 g/mol. The molecule has 0 saturated heterocycles. The second-order valence-corrected chi connectivity index (χ2v) is 2.15. The second-order valence-electron chi connectivity index (χ2n) is 2.15. The number of rotatable bonds is 2. The number of carbonyl (C=O) groups excluding carboxylic acids is 1. The predicted molar refractivity (Wildman–Crippen MR) is 43.3 cm³/mol. The number of nitrogens with one attached hydrogen (secondary N) is 1. The van der Waals surface area contributed by atoms with Crippen LogP contribution in [-0.4, -0.2) is 12.5 Å². The van der Waals surface area contributed by atoms with E-state index >= 15 is 0 Å². The van der Waals surface area contributed by atoms with E-state index in [1.165, 1.54) is 0 Å². The lowest BCUT2D eigenvalue weighted by atomic mass is 10.2. The molecule has 0 fully saturated rings. The maximum Gasteiger partial charge on any atom is 0.251 e. The van der Waals surface area contributed by atoms with Crippen LogP contribution < -0.4 is 5.32 Å². The minimum atomic E-state index is -0.0376. The normalized spacial score (nSPS) is 9.18. The monoisotopic (exact) mass is 148 g/mol. The molecule has 2 heteroatoms. The van der Waals surface area contributed by atoms with Gasteiger partial charge < -0.3 is 5.32 Å². The Morgan fingerprint density at radius 3 is 3.09 bits per heavy atom. The van der Waals surface area contributed by atoms with Crippen molar-refractivity contribution in [2.75, 3.05) is 6.54 Å². The Labute approximate surface area is 66.2 Å². The van der Waals surface area contributed by atoms with Gasteiger partial charge in [0.25, 0.3) is 5.91 Å². The highest BCUT2D eigenvalue weighted by atomic mass is 16.1. The summed E-state index contributed by atoms with van der Waals surface area (Å²) in [6.45, 7) is 2.55. The fourth-order valence-corrected chi connectivity index (χ4v) is 0.797. The van der Waals surface area contributed by atoms with Gasteiger partial charge in [0.05, 0.1) is 0 Å². The van der Waals surface area contributed by atoms with E-state index in [4.69, 9.17) is 0 Å². The number of benzene rings is 1. The van der Waals surface area contributed by atoms with Gasteiger partial charge >= 0.3 is 0 Å². The third-order valence-electron chi connectivity index (χ3n) is 1.31. The Morgan fingerprint density at radius 2 is 2.55 bits per heavy atom. The van der Waals surface area contributed by atoms with Gasteiger partial charge in [0.2, 0.25) is 0 Å². The summed E-state index contributed by atoms with van der Waals surface area (Å²) >= 11 is 0. The Hall–Kier alpha value is -1.31. The van der Waals surface area contributed by atoms with Crippen molar-refractivity contribution in [3.63, 3.8) is 0 Å². The van der Waals surface area contributed by atoms with E-state index in [1.54, 1.807) is 24.3 Å². The van der Waals surface area contributed by atoms with Crippen LogP contribution in [0.3, 0.4) is 0 Å². The molecule has 0 saturated carbocycles. The largest absolute Gasteiger partial charge is 0.352 e. The summed E-state index contributed by atoms with van der Waals surface area (Å²) in [6.07, 6.45) is 0. The molecule has 1 amide bonds. The molecule has 0 aromatic heterocycles. The van der Waals surface area contributed by atoms with Gasteiger partial charge in [-0.25, -0.2) is 0 Å². The van der Waals surface area contributed by atoms with E-state index < -0.39 is 0 Å². The maximum absolute atomic E-state index is 11.1. The van der Waals surface area contributed by atoms with Crippen LogP contribution in [0.2, 0.25) is 0 Å². The average Bonchev–Trinajstić information content (AvgIpc) is 2.07. The molecule has 11 heavy (non-hydrogen) atoms. The molecule has 1 N–H and O–H groups in total. The second kappa shape index (κ2) is 3.76. The summed E-state index contributed by atoms with van der Waals surface area (Å²) in [5, 5.41) is 2.70. The zero-order chi connectivity index (χ0) is 8.10. The smallest absolute Gasteiger partial charge is 0.251 e. The van der Waals surface area contributed by atoms with Crippen molar-refractivity contribution >= 4 is 5.91 Å².